The van der Waals surface area contributed by atoms with Crippen molar-refractivity contribution in [3.8, 4) is 6.07 Å². The van der Waals surface area contributed by atoms with Crippen LogP contribution in [0.5, 0.6) is 0 Å². The molecule has 8 nitrogen and oxygen atoms in total. The highest BCUT2D eigenvalue weighted by Crippen LogP contribution is 2.29. The first-order chi connectivity index (χ1) is 20.0. The summed E-state index contributed by atoms with van der Waals surface area (Å²) in [4.78, 5) is 3.97. The lowest BCUT2D eigenvalue weighted by Gasteiger charge is -2.37. The van der Waals surface area contributed by atoms with E-state index in [1.165, 1.54) is 0 Å². The smallest absolute Gasteiger partial charge is 0.389 e. The van der Waals surface area contributed by atoms with Gasteiger partial charge < -0.3 is 14.7 Å². The fourth-order valence-corrected chi connectivity index (χ4v) is 6.08. The fraction of sp³-hybridized carbons (Fsp3) is 0.367. The van der Waals surface area contributed by atoms with Crippen molar-refractivity contribution in [1.82, 2.24) is 9.62 Å². The molecule has 12 heteroatoms. The van der Waals surface area contributed by atoms with E-state index in [1.54, 1.807) is 6.07 Å². The average Bonchev–Trinajstić information content (AvgIpc) is 2.97. The molecule has 0 aromatic heterocycles. The molecule has 224 valence electrons. The van der Waals surface area contributed by atoms with Gasteiger partial charge in [0.2, 0.25) is 10.0 Å². The van der Waals surface area contributed by atoms with Crippen molar-refractivity contribution in [1.29, 1.82) is 5.26 Å². The Morgan fingerprint density at radius 2 is 1.57 bits per heavy atom. The summed E-state index contributed by atoms with van der Waals surface area (Å²) < 4.78 is 73.0. The van der Waals surface area contributed by atoms with Crippen molar-refractivity contribution in [2.45, 2.75) is 29.6 Å². The lowest BCUT2D eigenvalue weighted by atomic mass is 10.1. The van der Waals surface area contributed by atoms with Crippen LogP contribution in [0.2, 0.25) is 0 Å². The number of rotatable bonds is 12. The van der Waals surface area contributed by atoms with E-state index in [2.05, 4.69) is 20.6 Å². The number of para-hydroxylation sites is 1. The van der Waals surface area contributed by atoms with Gasteiger partial charge >= 0.3 is 6.18 Å². The van der Waals surface area contributed by atoms with Crippen molar-refractivity contribution >= 4 is 15.7 Å². The summed E-state index contributed by atoms with van der Waals surface area (Å²) in [5.41, 5.74) is 1.43. The summed E-state index contributed by atoms with van der Waals surface area (Å²) in [7, 11) is -4.14. The third-order valence-corrected chi connectivity index (χ3v) is 8.51. The molecule has 3 aromatic carbocycles. The number of nitrogens with one attached hydrogen (secondary N) is 1. The minimum absolute atomic E-state index is 0.0230. The highest BCUT2D eigenvalue weighted by atomic mass is 32.2. The van der Waals surface area contributed by atoms with Crippen molar-refractivity contribution in [2.24, 2.45) is 0 Å². The van der Waals surface area contributed by atoms with Crippen LogP contribution in [0.3, 0.4) is 0 Å². The number of hydrogen-bond donors (Lipinski definition) is 2. The second-order valence-corrected chi connectivity index (χ2v) is 11.9. The zero-order valence-corrected chi connectivity index (χ0v) is 23.7. The van der Waals surface area contributed by atoms with Gasteiger partial charge in [-0.2, -0.15) is 18.4 Å². The lowest BCUT2D eigenvalue weighted by Crippen LogP contribution is -2.49. The number of nitrogens with zero attached hydrogens (tertiary/aromatic N) is 3. The molecule has 0 saturated carbocycles. The molecular formula is C30H33F3N4O4S. The largest absolute Gasteiger partial charge is 0.416 e. The Labute approximate surface area is 244 Å². The van der Waals surface area contributed by atoms with Gasteiger partial charge in [-0.3, -0.25) is 4.90 Å². The normalized spacial score (nSPS) is 16.1. The first-order valence-corrected chi connectivity index (χ1v) is 15.0. The minimum Gasteiger partial charge on any atom is -0.389 e. The second kappa shape index (κ2) is 14.1. The Morgan fingerprint density at radius 3 is 2.21 bits per heavy atom. The maximum atomic E-state index is 13.0. The Balaban J connectivity index is 1.30. The first kappa shape index (κ1) is 31.5. The van der Waals surface area contributed by atoms with Gasteiger partial charge in [0.05, 0.1) is 41.0 Å². The maximum Gasteiger partial charge on any atom is 0.416 e. The van der Waals surface area contributed by atoms with Gasteiger partial charge in [-0.1, -0.05) is 42.5 Å². The van der Waals surface area contributed by atoms with E-state index in [9.17, 15) is 32.0 Å². The van der Waals surface area contributed by atoms with E-state index >= 15 is 0 Å². The molecule has 1 fully saturated rings. The molecule has 0 amide bonds. The summed E-state index contributed by atoms with van der Waals surface area (Å²) >= 11 is 0. The van der Waals surface area contributed by atoms with Crippen molar-refractivity contribution in [3.05, 3.63) is 95.6 Å². The number of benzene rings is 3. The monoisotopic (exact) mass is 602 g/mol. The van der Waals surface area contributed by atoms with E-state index in [4.69, 9.17) is 4.74 Å². The molecule has 1 aliphatic heterocycles. The zero-order chi connectivity index (χ0) is 30.2. The predicted molar refractivity (Wildman–Crippen MR) is 152 cm³/mol. The molecule has 0 radical (unpaired) electrons. The summed E-state index contributed by atoms with van der Waals surface area (Å²) in [6, 6.07) is 21.4. The molecule has 2 N–H and O–H groups in total. The van der Waals surface area contributed by atoms with Crippen LogP contribution < -0.4 is 9.62 Å². The van der Waals surface area contributed by atoms with E-state index in [-0.39, 0.29) is 24.5 Å². The Kier molecular flexibility index (Phi) is 10.6. The summed E-state index contributed by atoms with van der Waals surface area (Å²) in [5.74, 6) is 0. The highest BCUT2D eigenvalue weighted by molar-refractivity contribution is 7.89. The van der Waals surface area contributed by atoms with Crippen LogP contribution in [-0.4, -0.2) is 76.5 Å². The standard InChI is InChI=1S/C30H33F3N4O4S/c31-30(32,33)25-10-12-28(13-11-25)42(39,40)35-26(18-23-6-2-1-3-7-23)21-41-22-27(38)20-36-14-16-37(17-15-36)29-9-5-4-8-24(29)19-34/h1-13,26-27,35,38H,14-18,20-22H2/t26-,27-/m0/s1. The van der Waals surface area contributed by atoms with Gasteiger partial charge in [0.1, 0.15) is 6.07 Å². The molecular weight excluding hydrogens is 569 g/mol. The Hall–Kier alpha value is -3.47. The minimum atomic E-state index is -4.57. The van der Waals surface area contributed by atoms with Crippen LogP contribution in [0.25, 0.3) is 0 Å². The number of anilines is 1. The molecule has 0 spiro atoms. The van der Waals surface area contributed by atoms with Gasteiger partial charge in [-0.05, 0) is 48.4 Å². The molecule has 2 atom stereocenters. The number of ether oxygens (including phenoxy) is 1. The molecule has 4 rings (SSSR count). The third-order valence-electron chi connectivity index (χ3n) is 6.97. The number of aliphatic hydroxyl groups excluding tert-OH is 1. The lowest BCUT2D eigenvalue weighted by molar-refractivity contribution is -0.137. The van der Waals surface area contributed by atoms with Gasteiger partial charge in [0, 0.05) is 38.8 Å². The van der Waals surface area contributed by atoms with Crippen LogP contribution in [0.4, 0.5) is 18.9 Å². The predicted octanol–water partition coefficient (Wildman–Crippen LogP) is 3.67. The van der Waals surface area contributed by atoms with E-state index in [0.717, 1.165) is 35.5 Å². The average molecular weight is 603 g/mol. The Bertz CT molecular complexity index is 1440. The number of piperazine rings is 1. The number of β-amino-alcohol motifs (C(OH)–C–C–N with tert-alkyl or cyclic N) is 1. The molecule has 0 bridgehead atoms. The maximum absolute atomic E-state index is 13.0. The molecule has 3 aromatic rings. The van der Waals surface area contributed by atoms with Gasteiger partial charge in [-0.25, -0.2) is 13.1 Å². The van der Waals surface area contributed by atoms with Crippen LogP contribution in [0, 0.1) is 11.3 Å². The number of halogens is 3. The first-order valence-electron chi connectivity index (χ1n) is 13.5. The molecule has 1 heterocycles. The number of aliphatic hydroxyl groups is 1. The van der Waals surface area contributed by atoms with E-state index in [0.29, 0.717) is 38.3 Å². The van der Waals surface area contributed by atoms with Crippen LogP contribution in [0.1, 0.15) is 16.7 Å². The fourth-order valence-electron chi connectivity index (χ4n) is 4.86. The van der Waals surface area contributed by atoms with Gasteiger partial charge in [0.15, 0.2) is 0 Å². The van der Waals surface area contributed by atoms with Crippen molar-refractivity contribution in [3.63, 3.8) is 0 Å². The molecule has 1 saturated heterocycles. The van der Waals surface area contributed by atoms with E-state index in [1.807, 2.05) is 48.5 Å². The van der Waals surface area contributed by atoms with Crippen molar-refractivity contribution in [2.75, 3.05) is 50.8 Å². The summed E-state index contributed by atoms with van der Waals surface area (Å²) in [5, 5.41) is 20.0. The van der Waals surface area contributed by atoms with Gasteiger partial charge in [0.25, 0.3) is 0 Å². The zero-order valence-electron chi connectivity index (χ0n) is 22.9. The number of nitriles is 1. The van der Waals surface area contributed by atoms with Crippen LogP contribution in [0.15, 0.2) is 83.8 Å². The van der Waals surface area contributed by atoms with Crippen LogP contribution >= 0.6 is 0 Å². The third kappa shape index (κ3) is 8.77. The number of hydrogen-bond acceptors (Lipinski definition) is 7. The Morgan fingerprint density at radius 1 is 0.929 bits per heavy atom. The number of alkyl halides is 3. The summed E-state index contributed by atoms with van der Waals surface area (Å²) in [6.07, 6.45) is -5.11. The SMILES string of the molecule is N#Cc1ccccc1N1CCN(C[C@H](O)COC[C@H](Cc2ccccc2)NS(=O)(=O)c2ccc(C(F)(F)F)cc2)CC1. The summed E-state index contributed by atoms with van der Waals surface area (Å²) in [6.45, 7) is 3.10. The topological polar surface area (TPSA) is 106 Å². The van der Waals surface area contributed by atoms with Crippen LogP contribution in [-0.2, 0) is 27.4 Å². The molecule has 0 aliphatic carbocycles. The number of sulfonamides is 1. The van der Waals surface area contributed by atoms with Crippen molar-refractivity contribution < 1.29 is 31.4 Å². The highest BCUT2D eigenvalue weighted by Gasteiger charge is 2.31. The van der Waals surface area contributed by atoms with E-state index < -0.39 is 33.9 Å². The molecule has 42 heavy (non-hydrogen) atoms. The second-order valence-electron chi connectivity index (χ2n) is 10.1. The quantitative estimate of drug-likeness (QED) is 0.326. The molecule has 1 aliphatic rings. The molecule has 0 unspecified atom stereocenters. The van der Waals surface area contributed by atoms with Gasteiger partial charge in [-0.15, -0.1) is 0 Å².